The van der Waals surface area contributed by atoms with Gasteiger partial charge in [-0.3, -0.25) is 14.1 Å². The molecule has 0 amide bonds. The summed E-state index contributed by atoms with van der Waals surface area (Å²) in [6.45, 7) is 2.68. The summed E-state index contributed by atoms with van der Waals surface area (Å²) in [5.41, 5.74) is -1.55. The van der Waals surface area contributed by atoms with Crippen LogP contribution in [-0.4, -0.2) is 53.4 Å². The van der Waals surface area contributed by atoms with Gasteiger partial charge in [-0.2, -0.15) is 8.42 Å². The average molecular weight is 485 g/mol. The van der Waals surface area contributed by atoms with Crippen molar-refractivity contribution in [3.8, 4) is 0 Å². The number of halogens is 2. The lowest BCUT2D eigenvalue weighted by molar-refractivity contribution is -0.214. The van der Waals surface area contributed by atoms with Crippen LogP contribution in [0.4, 0.5) is 4.39 Å². The van der Waals surface area contributed by atoms with E-state index in [2.05, 4.69) is 15.9 Å². The fourth-order valence-electron chi connectivity index (χ4n) is 5.45. The summed E-state index contributed by atoms with van der Waals surface area (Å²) in [5.74, 6) is -1.59. The number of carbonyl (C=O) groups excluding carboxylic acids is 2. The van der Waals surface area contributed by atoms with Crippen molar-refractivity contribution in [2.45, 2.75) is 68.5 Å². The number of carbonyl (C=O) groups is 2. The molecule has 0 aromatic rings. The molecule has 0 aromatic carbocycles. The molecular formula is C18H26BrFO7S. The van der Waals surface area contributed by atoms with E-state index in [-0.39, 0.29) is 17.8 Å². The highest BCUT2D eigenvalue weighted by molar-refractivity contribution is 9.10. The maximum atomic E-state index is 13.7. The molecular weight excluding hydrogens is 459 g/mol. The minimum atomic E-state index is -4.48. The molecule has 0 spiro atoms. The van der Waals surface area contributed by atoms with Crippen molar-refractivity contribution in [1.82, 2.24) is 0 Å². The zero-order valence-corrected chi connectivity index (χ0v) is 18.4. The van der Waals surface area contributed by atoms with Crippen molar-refractivity contribution in [2.24, 2.45) is 17.3 Å². The highest BCUT2D eigenvalue weighted by Crippen LogP contribution is 2.63. The van der Waals surface area contributed by atoms with Crippen molar-refractivity contribution in [3.63, 3.8) is 0 Å². The second-order valence-corrected chi connectivity index (χ2v) is 12.7. The van der Waals surface area contributed by atoms with Crippen LogP contribution in [0, 0.1) is 17.3 Å². The molecule has 3 atom stereocenters. The lowest BCUT2D eigenvalue weighted by atomic mass is 9.48. The van der Waals surface area contributed by atoms with Crippen LogP contribution in [0.2, 0.25) is 0 Å². The van der Waals surface area contributed by atoms with Gasteiger partial charge in [0.1, 0.15) is 22.3 Å². The molecule has 28 heavy (non-hydrogen) atoms. The molecule has 1 N–H and O–H groups in total. The van der Waals surface area contributed by atoms with Crippen LogP contribution in [0.25, 0.3) is 0 Å². The fourth-order valence-corrected chi connectivity index (χ4v) is 6.08. The zero-order valence-electron chi connectivity index (χ0n) is 15.9. The van der Waals surface area contributed by atoms with Crippen molar-refractivity contribution >= 4 is 38.0 Å². The number of alkyl halides is 2. The Morgan fingerprint density at radius 3 is 2.32 bits per heavy atom. The first-order valence-corrected chi connectivity index (χ1v) is 11.8. The summed E-state index contributed by atoms with van der Waals surface area (Å²) in [5, 5.41) is 0. The molecule has 0 heterocycles. The van der Waals surface area contributed by atoms with Crippen LogP contribution in [0.1, 0.15) is 52.4 Å². The van der Waals surface area contributed by atoms with Gasteiger partial charge in [0.05, 0.1) is 5.41 Å². The Balaban J connectivity index is 1.71. The summed E-state index contributed by atoms with van der Waals surface area (Å²) in [6.07, 6.45) is 1.96. The van der Waals surface area contributed by atoms with Gasteiger partial charge >= 0.3 is 11.9 Å². The third-order valence-corrected chi connectivity index (χ3v) is 7.13. The van der Waals surface area contributed by atoms with Crippen molar-refractivity contribution < 1.29 is 36.4 Å². The van der Waals surface area contributed by atoms with E-state index < -0.39 is 50.0 Å². The minimum absolute atomic E-state index is 0.235. The van der Waals surface area contributed by atoms with Gasteiger partial charge < -0.3 is 9.47 Å². The average Bonchev–Trinajstić information content (AvgIpc) is 2.48. The number of rotatable bonds is 7. The van der Waals surface area contributed by atoms with E-state index in [9.17, 15) is 22.4 Å². The molecule has 4 rings (SSSR count). The molecule has 0 radical (unpaired) electrons. The number of hydrogen-bond donors (Lipinski definition) is 1. The van der Waals surface area contributed by atoms with Gasteiger partial charge in [-0.15, -0.1) is 0 Å². The van der Waals surface area contributed by atoms with E-state index in [1.165, 1.54) is 0 Å². The van der Waals surface area contributed by atoms with Crippen molar-refractivity contribution in [2.75, 3.05) is 12.4 Å². The number of esters is 2. The van der Waals surface area contributed by atoms with Crippen LogP contribution in [0.15, 0.2) is 0 Å². The van der Waals surface area contributed by atoms with Gasteiger partial charge in [0.25, 0.3) is 10.1 Å². The summed E-state index contributed by atoms with van der Waals surface area (Å²) in [7, 11) is -4.48. The molecule has 0 aliphatic heterocycles. The van der Waals surface area contributed by atoms with Crippen LogP contribution >= 0.6 is 15.9 Å². The van der Waals surface area contributed by atoms with Crippen LogP contribution in [-0.2, 0) is 29.2 Å². The first-order valence-electron chi connectivity index (χ1n) is 9.41. The molecule has 4 fully saturated rings. The van der Waals surface area contributed by atoms with Gasteiger partial charge in [-0.05, 0) is 57.8 Å². The van der Waals surface area contributed by atoms with E-state index in [4.69, 9.17) is 14.0 Å². The minimum Gasteiger partial charge on any atom is -0.462 e. The summed E-state index contributed by atoms with van der Waals surface area (Å²) < 4.78 is 54.1. The Labute approximate surface area is 172 Å². The van der Waals surface area contributed by atoms with E-state index in [0.717, 1.165) is 6.42 Å². The molecule has 7 nitrogen and oxygen atoms in total. The number of ether oxygens (including phenoxy) is 2. The lowest BCUT2D eigenvalue weighted by Crippen LogP contribution is -2.60. The highest BCUT2D eigenvalue weighted by Gasteiger charge is 2.63. The second kappa shape index (κ2) is 7.19. The third kappa shape index (κ3) is 4.70. The Bertz CT molecular complexity index is 746. The van der Waals surface area contributed by atoms with Crippen molar-refractivity contribution in [1.29, 1.82) is 0 Å². The highest BCUT2D eigenvalue weighted by atomic mass is 79.9. The summed E-state index contributed by atoms with van der Waals surface area (Å²) in [6, 6.07) is 0. The molecule has 3 unspecified atom stereocenters. The van der Waals surface area contributed by atoms with Gasteiger partial charge in [-0.1, -0.05) is 15.9 Å². The number of hydrogen-bond acceptors (Lipinski definition) is 6. The Morgan fingerprint density at radius 2 is 1.82 bits per heavy atom. The standard InChI is InChI=1S/C18H26BrFO7S/c1-16(2,19)14(21)27-18-6-11-3-12(7-18)5-17(4-11,10-18)15(22)26-8-13(20)9-28(23,24)25/h11-13H,3-10H2,1-2H3,(H,23,24,25). The first kappa shape index (κ1) is 22.0. The largest absolute Gasteiger partial charge is 0.462 e. The van der Waals surface area contributed by atoms with Crippen LogP contribution < -0.4 is 0 Å². The first-order chi connectivity index (χ1) is 12.7. The predicted molar refractivity (Wildman–Crippen MR) is 101 cm³/mol. The Morgan fingerprint density at radius 1 is 1.25 bits per heavy atom. The Kier molecular flexibility index (Phi) is 5.64. The van der Waals surface area contributed by atoms with Crippen LogP contribution in [0.3, 0.4) is 0 Å². The van der Waals surface area contributed by atoms with E-state index in [1.807, 2.05) is 0 Å². The quantitative estimate of drug-likeness (QED) is 0.336. The van der Waals surface area contributed by atoms with Gasteiger partial charge in [0.15, 0.2) is 6.17 Å². The lowest BCUT2D eigenvalue weighted by Gasteiger charge is -2.60. The smallest absolute Gasteiger partial charge is 0.322 e. The molecule has 4 saturated carbocycles. The van der Waals surface area contributed by atoms with Crippen LogP contribution in [0.5, 0.6) is 0 Å². The molecule has 4 aliphatic rings. The fraction of sp³-hybridized carbons (Fsp3) is 0.889. The summed E-state index contributed by atoms with van der Waals surface area (Å²) >= 11 is 3.31. The zero-order chi connectivity index (χ0) is 21.0. The third-order valence-electron chi connectivity index (χ3n) is 6.02. The predicted octanol–water partition coefficient (Wildman–Crippen LogP) is 2.81. The molecule has 160 valence electrons. The maximum absolute atomic E-state index is 13.7. The Hall–Kier alpha value is -0.740. The molecule has 10 heteroatoms. The molecule has 4 aliphatic carbocycles. The molecule has 4 bridgehead atoms. The topological polar surface area (TPSA) is 107 Å². The monoisotopic (exact) mass is 484 g/mol. The van der Waals surface area contributed by atoms with Crippen molar-refractivity contribution in [3.05, 3.63) is 0 Å². The van der Waals surface area contributed by atoms with E-state index >= 15 is 0 Å². The SMILES string of the molecule is CC(C)(Br)C(=O)OC12CC3CC(C1)CC(C(=O)OCC(F)CS(=O)(=O)O)(C3)C2. The van der Waals surface area contributed by atoms with Gasteiger partial charge in [0.2, 0.25) is 0 Å². The summed E-state index contributed by atoms with van der Waals surface area (Å²) in [4.78, 5) is 25.3. The van der Waals surface area contributed by atoms with E-state index in [0.29, 0.717) is 32.1 Å². The van der Waals surface area contributed by atoms with E-state index in [1.54, 1.807) is 13.8 Å². The van der Waals surface area contributed by atoms with Gasteiger partial charge in [-0.25, -0.2) is 4.39 Å². The normalized spacial score (nSPS) is 35.5. The van der Waals surface area contributed by atoms with Gasteiger partial charge in [0, 0.05) is 6.42 Å². The maximum Gasteiger partial charge on any atom is 0.322 e. The second-order valence-electron chi connectivity index (χ2n) is 9.23. The molecule has 0 saturated heterocycles. The molecule has 0 aromatic heterocycles.